The highest BCUT2D eigenvalue weighted by molar-refractivity contribution is 5.94. The van der Waals surface area contributed by atoms with E-state index in [0.717, 1.165) is 0 Å². The van der Waals surface area contributed by atoms with E-state index in [9.17, 15) is 18.0 Å². The molecule has 3 aromatic rings. The van der Waals surface area contributed by atoms with Crippen molar-refractivity contribution in [3.63, 3.8) is 0 Å². The summed E-state index contributed by atoms with van der Waals surface area (Å²) in [5.41, 5.74) is 1.42. The lowest BCUT2D eigenvalue weighted by Crippen LogP contribution is -2.39. The summed E-state index contributed by atoms with van der Waals surface area (Å²) in [6, 6.07) is 13.7. The molecule has 8 heteroatoms. The Bertz CT molecular complexity index is 1080. The third kappa shape index (κ3) is 4.74. The number of amides is 1. The fraction of sp³-hybridized carbons (Fsp3) is 0.417. The van der Waals surface area contributed by atoms with Crippen LogP contribution in [-0.2, 0) is 12.7 Å². The van der Waals surface area contributed by atoms with E-state index in [2.05, 4.69) is 4.98 Å². The number of para-hydroxylation sites is 2. The SMILES string of the molecule is CC(C)Oc1ccc(C(=O)N2CCC(Cn3c(C(F)(F)F)nc4ccccc43)CC2)cc1. The van der Waals surface area contributed by atoms with Crippen LogP contribution in [0.5, 0.6) is 5.75 Å². The van der Waals surface area contributed by atoms with Crippen molar-refractivity contribution < 1.29 is 22.7 Å². The molecule has 1 saturated heterocycles. The molecular formula is C24H26F3N3O2. The molecule has 0 spiro atoms. The fourth-order valence-electron chi connectivity index (χ4n) is 4.18. The number of rotatable bonds is 5. The maximum absolute atomic E-state index is 13.5. The second kappa shape index (κ2) is 8.84. The number of hydrogen-bond acceptors (Lipinski definition) is 3. The second-order valence-corrected chi connectivity index (χ2v) is 8.46. The molecule has 0 saturated carbocycles. The average Bonchev–Trinajstić information content (AvgIpc) is 3.13. The summed E-state index contributed by atoms with van der Waals surface area (Å²) in [4.78, 5) is 18.4. The number of alkyl halides is 3. The molecule has 2 aromatic carbocycles. The van der Waals surface area contributed by atoms with E-state index < -0.39 is 12.0 Å². The Hall–Kier alpha value is -3.03. The predicted octanol–water partition coefficient (Wildman–Crippen LogP) is 5.39. The molecular weight excluding hydrogens is 419 g/mol. The van der Waals surface area contributed by atoms with E-state index in [1.807, 2.05) is 13.8 Å². The first-order valence-corrected chi connectivity index (χ1v) is 10.8. The molecule has 0 radical (unpaired) electrons. The van der Waals surface area contributed by atoms with Crippen LogP contribution in [0.4, 0.5) is 13.2 Å². The highest BCUT2D eigenvalue weighted by atomic mass is 19.4. The number of likely N-dealkylation sites (tertiary alicyclic amines) is 1. The standard InChI is InChI=1S/C24H26F3N3O2/c1-16(2)32-19-9-7-18(8-10-19)22(31)29-13-11-17(12-14-29)15-30-21-6-4-3-5-20(21)28-23(30)24(25,26)27/h3-10,16-17H,11-15H2,1-2H3. The Morgan fingerprint density at radius 3 is 2.38 bits per heavy atom. The number of halogens is 3. The van der Waals surface area contributed by atoms with Gasteiger partial charge in [0.05, 0.1) is 17.1 Å². The van der Waals surface area contributed by atoms with Gasteiger partial charge in [-0.3, -0.25) is 4.79 Å². The second-order valence-electron chi connectivity index (χ2n) is 8.46. The van der Waals surface area contributed by atoms with Crippen LogP contribution in [0, 0.1) is 5.92 Å². The largest absolute Gasteiger partial charge is 0.491 e. The summed E-state index contributed by atoms with van der Waals surface area (Å²) in [6.45, 7) is 5.14. The smallest absolute Gasteiger partial charge is 0.449 e. The number of imidazole rings is 1. The number of aromatic nitrogens is 2. The van der Waals surface area contributed by atoms with Crippen LogP contribution in [0.2, 0.25) is 0 Å². The first-order valence-electron chi connectivity index (χ1n) is 10.8. The summed E-state index contributed by atoms with van der Waals surface area (Å²) < 4.78 is 47.5. The van der Waals surface area contributed by atoms with Crippen molar-refractivity contribution in [3.8, 4) is 5.75 Å². The predicted molar refractivity (Wildman–Crippen MR) is 116 cm³/mol. The summed E-state index contributed by atoms with van der Waals surface area (Å²) in [5, 5.41) is 0. The Labute approximate surface area is 184 Å². The minimum atomic E-state index is -4.51. The average molecular weight is 445 g/mol. The van der Waals surface area contributed by atoms with Gasteiger partial charge in [0, 0.05) is 25.2 Å². The third-order valence-corrected chi connectivity index (χ3v) is 5.72. The summed E-state index contributed by atoms with van der Waals surface area (Å²) in [7, 11) is 0. The molecule has 5 nitrogen and oxygen atoms in total. The number of fused-ring (bicyclic) bond motifs is 1. The van der Waals surface area contributed by atoms with Crippen LogP contribution >= 0.6 is 0 Å². The molecule has 4 rings (SSSR count). The van der Waals surface area contributed by atoms with Gasteiger partial charge in [-0.15, -0.1) is 0 Å². The van der Waals surface area contributed by atoms with Gasteiger partial charge in [-0.1, -0.05) is 12.1 Å². The van der Waals surface area contributed by atoms with Gasteiger partial charge >= 0.3 is 6.18 Å². The van der Waals surface area contributed by atoms with E-state index in [1.165, 1.54) is 4.57 Å². The van der Waals surface area contributed by atoms with E-state index in [-0.39, 0.29) is 24.5 Å². The molecule has 1 aliphatic heterocycles. The molecule has 1 fully saturated rings. The lowest BCUT2D eigenvalue weighted by atomic mass is 9.96. The number of nitrogens with zero attached hydrogens (tertiary/aromatic N) is 3. The van der Waals surface area contributed by atoms with E-state index in [0.29, 0.717) is 48.3 Å². The number of carbonyl (C=O) groups is 1. The highest BCUT2D eigenvalue weighted by Gasteiger charge is 2.38. The van der Waals surface area contributed by atoms with Crippen molar-refractivity contribution in [1.29, 1.82) is 0 Å². The first kappa shape index (κ1) is 22.2. The van der Waals surface area contributed by atoms with Gasteiger partial charge in [0.2, 0.25) is 5.82 Å². The minimum Gasteiger partial charge on any atom is -0.491 e. The molecule has 0 bridgehead atoms. The fourth-order valence-corrected chi connectivity index (χ4v) is 4.18. The Morgan fingerprint density at radius 1 is 1.09 bits per heavy atom. The van der Waals surface area contributed by atoms with Crippen LogP contribution in [0.15, 0.2) is 48.5 Å². The number of benzene rings is 2. The third-order valence-electron chi connectivity index (χ3n) is 5.72. The van der Waals surface area contributed by atoms with Crippen LogP contribution < -0.4 is 4.74 Å². The van der Waals surface area contributed by atoms with Crippen molar-refractivity contribution >= 4 is 16.9 Å². The number of hydrogen-bond donors (Lipinski definition) is 0. The monoisotopic (exact) mass is 445 g/mol. The van der Waals surface area contributed by atoms with Crippen molar-refractivity contribution in [2.24, 2.45) is 5.92 Å². The molecule has 2 heterocycles. The van der Waals surface area contributed by atoms with E-state index in [1.54, 1.807) is 53.4 Å². The molecule has 32 heavy (non-hydrogen) atoms. The molecule has 0 aliphatic carbocycles. The summed E-state index contributed by atoms with van der Waals surface area (Å²) in [6.07, 6.45) is -3.17. The Kier molecular flexibility index (Phi) is 6.13. The van der Waals surface area contributed by atoms with Crippen molar-refractivity contribution in [1.82, 2.24) is 14.5 Å². The van der Waals surface area contributed by atoms with Gasteiger partial charge in [-0.05, 0) is 69.0 Å². The zero-order valence-corrected chi connectivity index (χ0v) is 18.1. The molecule has 0 atom stereocenters. The quantitative estimate of drug-likeness (QED) is 0.529. The molecule has 1 aromatic heterocycles. The van der Waals surface area contributed by atoms with E-state index in [4.69, 9.17) is 4.74 Å². The minimum absolute atomic E-state index is 0.0413. The van der Waals surface area contributed by atoms with Crippen LogP contribution in [0.25, 0.3) is 11.0 Å². The van der Waals surface area contributed by atoms with Gasteiger partial charge in [0.25, 0.3) is 5.91 Å². The molecule has 0 N–H and O–H groups in total. The molecule has 1 amide bonds. The highest BCUT2D eigenvalue weighted by Crippen LogP contribution is 2.33. The Balaban J connectivity index is 1.42. The zero-order chi connectivity index (χ0) is 22.9. The number of piperidine rings is 1. The number of carbonyl (C=O) groups excluding carboxylic acids is 1. The Morgan fingerprint density at radius 2 is 1.75 bits per heavy atom. The lowest BCUT2D eigenvalue weighted by molar-refractivity contribution is -0.147. The maximum atomic E-state index is 13.5. The topological polar surface area (TPSA) is 47.4 Å². The van der Waals surface area contributed by atoms with Crippen molar-refractivity contribution in [2.45, 2.75) is 45.5 Å². The van der Waals surface area contributed by atoms with Gasteiger partial charge in [0.15, 0.2) is 0 Å². The van der Waals surface area contributed by atoms with Gasteiger partial charge in [-0.25, -0.2) is 4.98 Å². The van der Waals surface area contributed by atoms with Crippen LogP contribution in [-0.4, -0.2) is 39.6 Å². The van der Waals surface area contributed by atoms with Gasteiger partial charge < -0.3 is 14.2 Å². The van der Waals surface area contributed by atoms with Gasteiger partial charge in [0.1, 0.15) is 5.75 Å². The number of ether oxygens (including phenoxy) is 1. The first-order chi connectivity index (χ1) is 15.2. The van der Waals surface area contributed by atoms with Crippen molar-refractivity contribution in [2.75, 3.05) is 13.1 Å². The van der Waals surface area contributed by atoms with Crippen LogP contribution in [0.3, 0.4) is 0 Å². The molecule has 1 aliphatic rings. The van der Waals surface area contributed by atoms with Crippen molar-refractivity contribution in [3.05, 3.63) is 59.9 Å². The molecule has 0 unspecified atom stereocenters. The van der Waals surface area contributed by atoms with Crippen LogP contribution in [0.1, 0.15) is 42.9 Å². The molecule has 170 valence electrons. The lowest BCUT2D eigenvalue weighted by Gasteiger charge is -2.32. The van der Waals surface area contributed by atoms with Gasteiger partial charge in [-0.2, -0.15) is 13.2 Å². The summed E-state index contributed by atoms with van der Waals surface area (Å²) >= 11 is 0. The maximum Gasteiger partial charge on any atom is 0.449 e. The zero-order valence-electron chi connectivity index (χ0n) is 18.1. The van der Waals surface area contributed by atoms with E-state index >= 15 is 0 Å². The summed E-state index contributed by atoms with van der Waals surface area (Å²) in [5.74, 6) is -0.174. The normalized spacial score (nSPS) is 15.5.